The summed E-state index contributed by atoms with van der Waals surface area (Å²) in [5.74, 6) is 2.50. The first kappa shape index (κ1) is 13.3. The van der Waals surface area contributed by atoms with Crippen molar-refractivity contribution in [2.24, 2.45) is 23.2 Å². The van der Waals surface area contributed by atoms with Crippen LogP contribution in [0.15, 0.2) is 29.6 Å². The zero-order valence-corrected chi connectivity index (χ0v) is 12.8. The van der Waals surface area contributed by atoms with E-state index in [0.717, 1.165) is 28.3 Å². The molecule has 4 aliphatic carbocycles. The Balaban J connectivity index is 1.78. The summed E-state index contributed by atoms with van der Waals surface area (Å²) in [6.45, 7) is 0. The molecular weight excluding hydrogens is 280 g/mol. The van der Waals surface area contributed by atoms with Gasteiger partial charge in [-0.2, -0.15) is 5.26 Å². The second-order valence-corrected chi connectivity index (χ2v) is 7.62. The van der Waals surface area contributed by atoms with Gasteiger partial charge in [-0.05, 0) is 62.3 Å². The molecule has 4 aliphatic rings. The summed E-state index contributed by atoms with van der Waals surface area (Å²) in [5, 5.41) is 10.4. The van der Waals surface area contributed by atoms with E-state index >= 15 is 0 Å². The van der Waals surface area contributed by atoms with E-state index < -0.39 is 0 Å². The number of aromatic nitrogens is 1. The monoisotopic (exact) mass is 298 g/mol. The van der Waals surface area contributed by atoms with Crippen LogP contribution in [-0.4, -0.2) is 4.98 Å². The maximum Gasteiger partial charge on any atom is 0.101 e. The van der Waals surface area contributed by atoms with Gasteiger partial charge in [0, 0.05) is 28.4 Å². The van der Waals surface area contributed by atoms with Crippen LogP contribution in [0.1, 0.15) is 44.1 Å². The van der Waals surface area contributed by atoms with Gasteiger partial charge in [-0.3, -0.25) is 4.98 Å². The number of halogens is 1. The molecule has 0 aromatic carbocycles. The Labute approximate surface area is 130 Å². The molecule has 0 amide bonds. The molecule has 1 aromatic heterocycles. The van der Waals surface area contributed by atoms with Crippen LogP contribution in [0.25, 0.3) is 5.57 Å². The van der Waals surface area contributed by atoms with Crippen LogP contribution < -0.4 is 0 Å². The van der Waals surface area contributed by atoms with E-state index in [0.29, 0.717) is 5.57 Å². The topological polar surface area (TPSA) is 36.7 Å². The maximum atomic E-state index is 9.63. The molecular formula is C18H19ClN2. The summed E-state index contributed by atoms with van der Waals surface area (Å²) in [4.78, 5) is 4.14. The van der Waals surface area contributed by atoms with E-state index in [-0.39, 0.29) is 5.41 Å². The second-order valence-electron chi connectivity index (χ2n) is 7.24. The van der Waals surface area contributed by atoms with Gasteiger partial charge >= 0.3 is 0 Å². The van der Waals surface area contributed by atoms with Crippen molar-refractivity contribution in [2.75, 3.05) is 0 Å². The largest absolute Gasteiger partial charge is 0.264 e. The lowest BCUT2D eigenvalue weighted by atomic mass is 9.49. The molecule has 0 atom stereocenters. The van der Waals surface area contributed by atoms with Crippen molar-refractivity contribution in [3.05, 3.63) is 35.1 Å². The number of nitrogens with zero attached hydrogens (tertiary/aromatic N) is 2. The number of pyridine rings is 1. The van der Waals surface area contributed by atoms with Crippen LogP contribution in [-0.2, 0) is 0 Å². The van der Waals surface area contributed by atoms with Crippen molar-refractivity contribution in [3.8, 4) is 6.07 Å². The van der Waals surface area contributed by atoms with E-state index in [1.165, 1.54) is 38.5 Å². The molecule has 21 heavy (non-hydrogen) atoms. The third-order valence-corrected chi connectivity index (χ3v) is 6.38. The molecule has 5 rings (SSSR count). The number of allylic oxidation sites excluding steroid dienone is 2. The predicted octanol–water partition coefficient (Wildman–Crippen LogP) is 4.77. The summed E-state index contributed by atoms with van der Waals surface area (Å²) in [6.07, 6.45) is 11.2. The second kappa shape index (κ2) is 4.85. The zero-order chi connectivity index (χ0) is 14.4. The van der Waals surface area contributed by atoms with Gasteiger partial charge in [0.1, 0.15) is 6.07 Å². The van der Waals surface area contributed by atoms with Crippen LogP contribution in [0.3, 0.4) is 0 Å². The fraction of sp³-hybridized carbons (Fsp3) is 0.556. The van der Waals surface area contributed by atoms with Gasteiger partial charge in [-0.25, -0.2) is 0 Å². The summed E-state index contributed by atoms with van der Waals surface area (Å²) in [5.41, 5.74) is 1.59. The lowest BCUT2D eigenvalue weighted by Gasteiger charge is -2.56. The highest BCUT2D eigenvalue weighted by molar-refractivity contribution is 6.34. The van der Waals surface area contributed by atoms with Gasteiger partial charge < -0.3 is 0 Å². The predicted molar refractivity (Wildman–Crippen MR) is 83.2 cm³/mol. The fourth-order valence-corrected chi connectivity index (χ4v) is 5.78. The SMILES string of the molecule is N#C/C(=C(/Cl)C12CC3CC(CC(C3)C1)C2)c1cccnc1. The van der Waals surface area contributed by atoms with Gasteiger partial charge in [0.05, 0.1) is 5.57 Å². The van der Waals surface area contributed by atoms with Crippen LogP contribution in [0.4, 0.5) is 0 Å². The molecule has 1 heterocycles. The highest BCUT2D eigenvalue weighted by Crippen LogP contribution is 2.64. The molecule has 0 N–H and O–H groups in total. The summed E-state index contributed by atoms with van der Waals surface area (Å²) >= 11 is 6.83. The van der Waals surface area contributed by atoms with E-state index in [2.05, 4.69) is 11.1 Å². The minimum absolute atomic E-state index is 0.0806. The third-order valence-electron chi connectivity index (χ3n) is 5.79. The number of hydrogen-bond donors (Lipinski definition) is 0. The van der Waals surface area contributed by atoms with Crippen LogP contribution >= 0.6 is 11.6 Å². The zero-order valence-electron chi connectivity index (χ0n) is 12.1. The Morgan fingerprint density at radius 3 is 2.29 bits per heavy atom. The molecule has 0 radical (unpaired) electrons. The maximum absolute atomic E-state index is 9.63. The van der Waals surface area contributed by atoms with Gasteiger partial charge in [0.2, 0.25) is 0 Å². The van der Waals surface area contributed by atoms with Crippen LogP contribution in [0.5, 0.6) is 0 Å². The van der Waals surface area contributed by atoms with Gasteiger partial charge in [-0.15, -0.1) is 0 Å². The van der Waals surface area contributed by atoms with E-state index in [9.17, 15) is 5.26 Å². The first-order chi connectivity index (χ1) is 10.2. The van der Waals surface area contributed by atoms with Crippen LogP contribution in [0, 0.1) is 34.5 Å². The first-order valence-corrected chi connectivity index (χ1v) is 8.29. The summed E-state index contributed by atoms with van der Waals surface area (Å²) < 4.78 is 0. The lowest BCUT2D eigenvalue weighted by Crippen LogP contribution is -2.46. The standard InChI is InChI=1S/C18H19ClN2/c19-17(16(10-20)15-2-1-3-21-11-15)18-7-12-4-13(8-18)6-14(5-12)9-18/h1-3,11-14H,4-9H2/b17-16-. The van der Waals surface area contributed by atoms with E-state index in [1.807, 2.05) is 12.1 Å². The highest BCUT2D eigenvalue weighted by Gasteiger charge is 2.53. The molecule has 0 aliphatic heterocycles. The number of nitriles is 1. The third kappa shape index (κ3) is 2.10. The molecule has 3 heteroatoms. The molecule has 2 nitrogen and oxygen atoms in total. The summed E-state index contributed by atoms with van der Waals surface area (Å²) in [6, 6.07) is 6.16. The highest BCUT2D eigenvalue weighted by atomic mass is 35.5. The fourth-order valence-electron chi connectivity index (χ4n) is 5.40. The molecule has 4 saturated carbocycles. The number of rotatable bonds is 2. The minimum Gasteiger partial charge on any atom is -0.264 e. The normalized spacial score (nSPS) is 38.0. The van der Waals surface area contributed by atoms with Crippen molar-refractivity contribution in [1.29, 1.82) is 5.26 Å². The molecule has 108 valence electrons. The van der Waals surface area contributed by atoms with Gasteiger partial charge in [0.25, 0.3) is 0 Å². The van der Waals surface area contributed by atoms with Crippen LogP contribution in [0.2, 0.25) is 0 Å². The van der Waals surface area contributed by atoms with Crippen molar-refractivity contribution < 1.29 is 0 Å². The smallest absolute Gasteiger partial charge is 0.101 e. The Bertz CT molecular complexity index is 591. The molecule has 0 saturated heterocycles. The minimum atomic E-state index is 0.0806. The Hall–Kier alpha value is -1.33. The Morgan fingerprint density at radius 2 is 1.81 bits per heavy atom. The first-order valence-electron chi connectivity index (χ1n) is 7.91. The Kier molecular flexibility index (Phi) is 3.08. The van der Waals surface area contributed by atoms with Gasteiger partial charge in [-0.1, -0.05) is 17.7 Å². The lowest BCUT2D eigenvalue weighted by molar-refractivity contribution is -0.0260. The van der Waals surface area contributed by atoms with Crippen molar-refractivity contribution >= 4 is 17.2 Å². The number of hydrogen-bond acceptors (Lipinski definition) is 2. The molecule has 1 aromatic rings. The van der Waals surface area contributed by atoms with Crippen molar-refractivity contribution in [1.82, 2.24) is 4.98 Å². The van der Waals surface area contributed by atoms with Crippen molar-refractivity contribution in [2.45, 2.75) is 38.5 Å². The van der Waals surface area contributed by atoms with E-state index in [4.69, 9.17) is 11.6 Å². The molecule has 0 spiro atoms. The summed E-state index contributed by atoms with van der Waals surface area (Å²) in [7, 11) is 0. The Morgan fingerprint density at radius 1 is 1.19 bits per heavy atom. The molecule has 4 fully saturated rings. The average Bonchev–Trinajstić information content (AvgIpc) is 2.47. The van der Waals surface area contributed by atoms with Crippen molar-refractivity contribution in [3.63, 3.8) is 0 Å². The average molecular weight is 299 g/mol. The van der Waals surface area contributed by atoms with Gasteiger partial charge in [0.15, 0.2) is 0 Å². The molecule has 0 unspecified atom stereocenters. The molecule has 4 bridgehead atoms. The quantitative estimate of drug-likeness (QED) is 0.737. The van der Waals surface area contributed by atoms with E-state index in [1.54, 1.807) is 12.4 Å².